The normalized spacial score (nSPS) is 12.9. The average molecular weight is 289 g/mol. The molecule has 20 heavy (non-hydrogen) atoms. The summed E-state index contributed by atoms with van der Waals surface area (Å²) in [6.07, 6.45) is 10.6. The van der Waals surface area contributed by atoms with Crippen molar-refractivity contribution < 1.29 is 0 Å². The van der Waals surface area contributed by atoms with Gasteiger partial charge in [-0.05, 0) is 28.8 Å². The zero-order valence-corrected chi connectivity index (χ0v) is 13.4. The van der Waals surface area contributed by atoms with Crippen LogP contribution in [0.2, 0.25) is 0 Å². The van der Waals surface area contributed by atoms with Crippen molar-refractivity contribution in [2.24, 2.45) is 5.73 Å². The van der Waals surface area contributed by atoms with Crippen molar-refractivity contribution in [1.82, 2.24) is 0 Å². The predicted molar refractivity (Wildman–Crippen MR) is 91.4 cm³/mol. The van der Waals surface area contributed by atoms with E-state index >= 15 is 0 Å². The fourth-order valence-corrected chi connectivity index (χ4v) is 3.76. The van der Waals surface area contributed by atoms with Crippen LogP contribution in [0.4, 0.5) is 0 Å². The molecule has 2 rings (SSSR count). The van der Waals surface area contributed by atoms with E-state index in [1.807, 2.05) is 11.3 Å². The van der Waals surface area contributed by atoms with Crippen molar-refractivity contribution in [2.45, 2.75) is 64.3 Å². The molecule has 1 nitrogen and oxygen atoms in total. The number of rotatable bonds is 9. The highest BCUT2D eigenvalue weighted by Gasteiger charge is 2.10. The van der Waals surface area contributed by atoms with Crippen molar-refractivity contribution in [1.29, 1.82) is 0 Å². The Kier molecular flexibility index (Phi) is 6.55. The summed E-state index contributed by atoms with van der Waals surface area (Å²) in [6, 6.07) is 8.90. The van der Waals surface area contributed by atoms with Crippen LogP contribution >= 0.6 is 11.3 Å². The molecule has 2 aromatic rings. The molecule has 1 aromatic heterocycles. The molecule has 0 amide bonds. The van der Waals surface area contributed by atoms with Crippen LogP contribution in [0.3, 0.4) is 0 Å². The van der Waals surface area contributed by atoms with Gasteiger partial charge in [0.2, 0.25) is 0 Å². The molecule has 1 atom stereocenters. The third kappa shape index (κ3) is 4.32. The Morgan fingerprint density at radius 1 is 1.00 bits per heavy atom. The van der Waals surface area contributed by atoms with Crippen LogP contribution < -0.4 is 5.73 Å². The first-order valence-electron chi connectivity index (χ1n) is 8.04. The Hall–Kier alpha value is -0.860. The summed E-state index contributed by atoms with van der Waals surface area (Å²) >= 11 is 1.82. The molecule has 0 bridgehead atoms. The zero-order valence-electron chi connectivity index (χ0n) is 12.6. The summed E-state index contributed by atoms with van der Waals surface area (Å²) < 4.78 is 1.38. The fraction of sp³-hybridized carbons (Fsp3) is 0.556. The van der Waals surface area contributed by atoms with Crippen LogP contribution in [0.5, 0.6) is 0 Å². The molecular formula is C18H27NS. The van der Waals surface area contributed by atoms with Crippen LogP contribution in [0.15, 0.2) is 29.6 Å². The van der Waals surface area contributed by atoms with Crippen LogP contribution in [-0.4, -0.2) is 0 Å². The molecule has 0 saturated carbocycles. The number of hydrogen-bond donors (Lipinski definition) is 1. The number of benzene rings is 1. The quantitative estimate of drug-likeness (QED) is 0.559. The highest BCUT2D eigenvalue weighted by molar-refractivity contribution is 7.17. The van der Waals surface area contributed by atoms with E-state index in [0.29, 0.717) is 0 Å². The van der Waals surface area contributed by atoms with Crippen molar-refractivity contribution in [2.75, 3.05) is 0 Å². The minimum Gasteiger partial charge on any atom is -0.324 e. The second-order valence-electron chi connectivity index (χ2n) is 5.70. The van der Waals surface area contributed by atoms with Gasteiger partial charge < -0.3 is 5.73 Å². The standard InChI is InChI=1S/C18H27NS/c1-2-3-4-5-6-7-8-12-17(19)16-11-9-10-15-13-14-20-18(15)16/h9-11,13-14,17H,2-8,12,19H2,1H3. The predicted octanol–water partition coefficient (Wildman–Crippen LogP) is 6.04. The van der Waals surface area contributed by atoms with E-state index in [0.717, 1.165) is 6.42 Å². The molecule has 1 unspecified atom stereocenters. The van der Waals surface area contributed by atoms with Gasteiger partial charge in [0.25, 0.3) is 0 Å². The highest BCUT2D eigenvalue weighted by Crippen LogP contribution is 2.30. The van der Waals surface area contributed by atoms with Gasteiger partial charge in [-0.15, -0.1) is 11.3 Å². The summed E-state index contributed by atoms with van der Waals surface area (Å²) in [5.41, 5.74) is 7.73. The Labute approximate surface area is 127 Å². The number of hydrogen-bond acceptors (Lipinski definition) is 2. The molecule has 0 saturated heterocycles. The third-order valence-electron chi connectivity index (χ3n) is 4.03. The molecule has 0 radical (unpaired) electrons. The maximum absolute atomic E-state index is 6.39. The van der Waals surface area contributed by atoms with Crippen LogP contribution in [0, 0.1) is 0 Å². The average Bonchev–Trinajstić information content (AvgIpc) is 2.94. The lowest BCUT2D eigenvalue weighted by Crippen LogP contribution is -2.10. The Morgan fingerprint density at radius 3 is 2.55 bits per heavy atom. The van der Waals surface area contributed by atoms with Crippen molar-refractivity contribution >= 4 is 21.4 Å². The maximum Gasteiger partial charge on any atom is 0.0390 e. The fourth-order valence-electron chi connectivity index (χ4n) is 2.79. The second kappa shape index (κ2) is 8.43. The van der Waals surface area contributed by atoms with Gasteiger partial charge >= 0.3 is 0 Å². The lowest BCUT2D eigenvalue weighted by atomic mass is 9.99. The van der Waals surface area contributed by atoms with E-state index in [1.54, 1.807) is 0 Å². The molecule has 2 N–H and O–H groups in total. The smallest absolute Gasteiger partial charge is 0.0390 e. The van der Waals surface area contributed by atoms with E-state index in [1.165, 1.54) is 60.6 Å². The molecular weight excluding hydrogens is 262 g/mol. The minimum absolute atomic E-state index is 0.202. The van der Waals surface area contributed by atoms with E-state index in [2.05, 4.69) is 36.6 Å². The number of thiophene rings is 1. The van der Waals surface area contributed by atoms with Gasteiger partial charge in [0.15, 0.2) is 0 Å². The van der Waals surface area contributed by atoms with E-state index in [9.17, 15) is 0 Å². The van der Waals surface area contributed by atoms with Crippen molar-refractivity contribution in [3.63, 3.8) is 0 Å². The molecule has 0 aliphatic rings. The van der Waals surface area contributed by atoms with Gasteiger partial charge in [0.05, 0.1) is 0 Å². The van der Waals surface area contributed by atoms with Gasteiger partial charge in [-0.25, -0.2) is 0 Å². The first-order chi connectivity index (χ1) is 9.83. The first-order valence-corrected chi connectivity index (χ1v) is 8.92. The van der Waals surface area contributed by atoms with Crippen molar-refractivity contribution in [3.8, 4) is 0 Å². The molecule has 1 aromatic carbocycles. The molecule has 2 heteroatoms. The molecule has 0 aliphatic heterocycles. The van der Waals surface area contributed by atoms with Gasteiger partial charge in [0, 0.05) is 10.7 Å². The Bertz CT molecular complexity index is 503. The molecule has 0 spiro atoms. The largest absolute Gasteiger partial charge is 0.324 e. The second-order valence-corrected chi connectivity index (χ2v) is 6.62. The van der Waals surface area contributed by atoms with Gasteiger partial charge in [-0.1, -0.05) is 70.1 Å². The van der Waals surface area contributed by atoms with E-state index < -0.39 is 0 Å². The summed E-state index contributed by atoms with van der Waals surface area (Å²) in [5.74, 6) is 0. The lowest BCUT2D eigenvalue weighted by molar-refractivity contribution is 0.542. The number of fused-ring (bicyclic) bond motifs is 1. The Morgan fingerprint density at radius 2 is 1.75 bits per heavy atom. The zero-order chi connectivity index (χ0) is 14.2. The summed E-state index contributed by atoms with van der Waals surface area (Å²) in [4.78, 5) is 0. The monoisotopic (exact) mass is 289 g/mol. The maximum atomic E-state index is 6.39. The van der Waals surface area contributed by atoms with Crippen LogP contribution in [0.25, 0.3) is 10.1 Å². The van der Waals surface area contributed by atoms with Gasteiger partial charge in [-0.3, -0.25) is 0 Å². The lowest BCUT2D eigenvalue weighted by Gasteiger charge is -2.13. The van der Waals surface area contributed by atoms with Crippen molar-refractivity contribution in [3.05, 3.63) is 35.2 Å². The van der Waals surface area contributed by atoms with E-state index in [4.69, 9.17) is 5.73 Å². The summed E-state index contributed by atoms with van der Waals surface area (Å²) in [5, 5.41) is 3.50. The topological polar surface area (TPSA) is 26.0 Å². The van der Waals surface area contributed by atoms with Crippen LogP contribution in [0.1, 0.15) is 69.9 Å². The summed E-state index contributed by atoms with van der Waals surface area (Å²) in [6.45, 7) is 2.27. The molecule has 0 fully saturated rings. The summed E-state index contributed by atoms with van der Waals surface area (Å²) in [7, 11) is 0. The van der Waals surface area contributed by atoms with Gasteiger partial charge in [0.1, 0.15) is 0 Å². The van der Waals surface area contributed by atoms with E-state index in [-0.39, 0.29) is 6.04 Å². The molecule has 0 aliphatic carbocycles. The van der Waals surface area contributed by atoms with Crippen LogP contribution in [-0.2, 0) is 0 Å². The third-order valence-corrected chi connectivity index (χ3v) is 5.01. The Balaban J connectivity index is 1.75. The highest BCUT2D eigenvalue weighted by atomic mass is 32.1. The molecule has 1 heterocycles. The number of unbranched alkanes of at least 4 members (excludes halogenated alkanes) is 6. The minimum atomic E-state index is 0.202. The first kappa shape index (κ1) is 15.5. The molecule has 110 valence electrons. The SMILES string of the molecule is CCCCCCCCCC(N)c1cccc2ccsc12. The van der Waals surface area contributed by atoms with Gasteiger partial charge in [-0.2, -0.15) is 0 Å². The number of nitrogens with two attached hydrogens (primary N) is 1.